The fourth-order valence-corrected chi connectivity index (χ4v) is 5.65. The summed E-state index contributed by atoms with van der Waals surface area (Å²) in [4.78, 5) is 36.3. The minimum absolute atomic E-state index is 0.0398. The summed E-state index contributed by atoms with van der Waals surface area (Å²) in [6.07, 6.45) is 7.04. The van der Waals surface area contributed by atoms with Gasteiger partial charge in [0, 0.05) is 35.8 Å². The Morgan fingerprint density at radius 2 is 1.83 bits per heavy atom. The van der Waals surface area contributed by atoms with Crippen LogP contribution in [0.1, 0.15) is 56.5 Å². The largest absolute Gasteiger partial charge is 0.494 e. The van der Waals surface area contributed by atoms with E-state index in [1.165, 1.54) is 25.4 Å². The number of nitrogens with one attached hydrogen (secondary N) is 2. The molecule has 10 nitrogen and oxygen atoms in total. The van der Waals surface area contributed by atoms with Crippen molar-refractivity contribution in [2.45, 2.75) is 52.6 Å². The molecule has 5 rings (SSSR count). The van der Waals surface area contributed by atoms with Crippen LogP contribution in [-0.4, -0.2) is 70.0 Å². The van der Waals surface area contributed by atoms with Crippen LogP contribution in [0.4, 0.5) is 20.3 Å². The van der Waals surface area contributed by atoms with Gasteiger partial charge in [0.25, 0.3) is 5.91 Å². The number of aromatic nitrogens is 3. The molecule has 4 aromatic rings. The molecule has 2 aromatic carbocycles. The van der Waals surface area contributed by atoms with E-state index in [0.29, 0.717) is 47.3 Å². The molecule has 12 heteroatoms. The first kappa shape index (κ1) is 32.8. The van der Waals surface area contributed by atoms with Crippen molar-refractivity contribution < 1.29 is 27.8 Å². The predicted molar refractivity (Wildman–Crippen MR) is 171 cm³/mol. The lowest BCUT2D eigenvalue weighted by Gasteiger charge is -2.32. The van der Waals surface area contributed by atoms with Gasteiger partial charge in [0.05, 0.1) is 25.5 Å². The van der Waals surface area contributed by atoms with Gasteiger partial charge in [-0.05, 0) is 94.9 Å². The fourth-order valence-electron chi connectivity index (χ4n) is 5.65. The highest BCUT2D eigenvalue weighted by Crippen LogP contribution is 2.32. The number of esters is 1. The first-order valence-corrected chi connectivity index (χ1v) is 15.4. The molecule has 1 aliphatic rings. The van der Waals surface area contributed by atoms with E-state index < -0.39 is 17.2 Å². The number of hydrogen-bond acceptors (Lipinski definition) is 8. The summed E-state index contributed by atoms with van der Waals surface area (Å²) in [6, 6.07) is 8.30. The molecule has 1 aliphatic heterocycles. The van der Waals surface area contributed by atoms with Crippen LogP contribution < -0.4 is 15.4 Å². The maximum atomic E-state index is 14.9. The number of halogens is 2. The van der Waals surface area contributed by atoms with Crippen LogP contribution in [0.25, 0.3) is 16.9 Å². The van der Waals surface area contributed by atoms with Gasteiger partial charge in [-0.3, -0.25) is 18.9 Å². The van der Waals surface area contributed by atoms with E-state index in [4.69, 9.17) is 9.47 Å². The Morgan fingerprint density at radius 3 is 2.52 bits per heavy atom. The summed E-state index contributed by atoms with van der Waals surface area (Å²) in [7, 11) is 1.28. The maximum absolute atomic E-state index is 14.9. The number of likely N-dealkylation sites (tertiary alicyclic amines) is 1. The van der Waals surface area contributed by atoms with E-state index in [1.807, 2.05) is 33.8 Å². The molecule has 0 unspecified atom stereocenters. The second-order valence-corrected chi connectivity index (χ2v) is 12.4. The number of hydrogen-bond donors (Lipinski definition) is 2. The predicted octanol–water partition coefficient (Wildman–Crippen LogP) is 5.77. The molecule has 0 bridgehead atoms. The Balaban J connectivity index is 1.22. The van der Waals surface area contributed by atoms with E-state index >= 15 is 0 Å². The number of amides is 1. The van der Waals surface area contributed by atoms with Gasteiger partial charge in [-0.25, -0.2) is 14.4 Å². The summed E-state index contributed by atoms with van der Waals surface area (Å²) in [6.45, 7) is 9.98. The molecule has 2 aromatic heterocycles. The quantitative estimate of drug-likeness (QED) is 0.212. The van der Waals surface area contributed by atoms with Gasteiger partial charge in [-0.15, -0.1) is 0 Å². The van der Waals surface area contributed by atoms with Crippen LogP contribution in [0.15, 0.2) is 48.9 Å². The lowest BCUT2D eigenvalue weighted by molar-refractivity contribution is -0.156. The molecule has 0 aliphatic carbocycles. The summed E-state index contributed by atoms with van der Waals surface area (Å²) >= 11 is 0. The lowest BCUT2D eigenvalue weighted by atomic mass is 9.96. The summed E-state index contributed by atoms with van der Waals surface area (Å²) < 4.78 is 41.2. The third-order valence-corrected chi connectivity index (χ3v) is 8.00. The number of rotatable bonds is 10. The number of benzene rings is 2. The van der Waals surface area contributed by atoms with Crippen molar-refractivity contribution in [3.63, 3.8) is 0 Å². The zero-order valence-corrected chi connectivity index (χ0v) is 26.8. The first-order chi connectivity index (χ1) is 22.0. The topological polar surface area (TPSA) is 110 Å². The monoisotopic (exact) mass is 634 g/mol. The fraction of sp³-hybridized carbons (Fsp3) is 0.412. The third-order valence-electron chi connectivity index (χ3n) is 8.00. The molecule has 3 heterocycles. The minimum Gasteiger partial charge on any atom is -0.494 e. The summed E-state index contributed by atoms with van der Waals surface area (Å²) in [5, 5.41) is 6.36. The number of carbonyl (C=O) groups is 2. The van der Waals surface area contributed by atoms with E-state index in [0.717, 1.165) is 31.5 Å². The van der Waals surface area contributed by atoms with Crippen molar-refractivity contribution in [2.75, 3.05) is 38.6 Å². The molecule has 1 amide bonds. The molecule has 0 atom stereocenters. The van der Waals surface area contributed by atoms with Crippen molar-refractivity contribution in [3.05, 3.63) is 71.7 Å². The average Bonchev–Trinajstić information content (AvgIpc) is 3.46. The Labute approximate surface area is 267 Å². The molecular weight excluding hydrogens is 594 g/mol. The number of ether oxygens (including phenoxy) is 2. The minimum atomic E-state index is -1.07. The van der Waals surface area contributed by atoms with Crippen molar-refractivity contribution in [2.24, 2.45) is 5.92 Å². The average molecular weight is 635 g/mol. The molecule has 46 heavy (non-hydrogen) atoms. The van der Waals surface area contributed by atoms with E-state index in [1.54, 1.807) is 28.9 Å². The van der Waals surface area contributed by atoms with Crippen LogP contribution in [0.2, 0.25) is 0 Å². The molecule has 0 radical (unpaired) electrons. The molecule has 0 saturated carbocycles. The number of aryl methyl sites for hydroxylation is 1. The number of imidazole rings is 1. The third kappa shape index (κ3) is 7.44. The molecular formula is C34H40F2N6O4. The van der Waals surface area contributed by atoms with E-state index in [9.17, 15) is 18.4 Å². The van der Waals surface area contributed by atoms with Crippen molar-refractivity contribution >= 4 is 29.0 Å². The zero-order valence-electron chi connectivity index (χ0n) is 26.8. The lowest BCUT2D eigenvalue weighted by Crippen LogP contribution is -2.42. The second kappa shape index (κ2) is 13.8. The number of fused-ring (bicyclic) bond motifs is 1. The van der Waals surface area contributed by atoms with Gasteiger partial charge in [0.15, 0.2) is 23.0 Å². The van der Waals surface area contributed by atoms with Gasteiger partial charge in [0.2, 0.25) is 5.82 Å². The summed E-state index contributed by atoms with van der Waals surface area (Å²) in [5.41, 5.74) is 2.49. The van der Waals surface area contributed by atoms with Crippen LogP contribution in [-0.2, 0) is 16.0 Å². The highest BCUT2D eigenvalue weighted by atomic mass is 19.2. The van der Waals surface area contributed by atoms with E-state index in [2.05, 4.69) is 25.5 Å². The van der Waals surface area contributed by atoms with Crippen molar-refractivity contribution in [3.8, 4) is 17.0 Å². The number of piperidine rings is 1. The van der Waals surface area contributed by atoms with Crippen LogP contribution in [0.5, 0.6) is 5.75 Å². The Hall–Kier alpha value is -4.58. The molecule has 1 saturated heterocycles. The Bertz CT molecular complexity index is 1730. The van der Waals surface area contributed by atoms with Gasteiger partial charge >= 0.3 is 5.97 Å². The molecule has 244 valence electrons. The SMILES string of the molecule is CCc1cc(Nc2nccn3c(-c4ccc(OC)c(F)c4F)cnc23)ccc1C(=O)NCC1CCN(CC(=O)OC(C)(C)C)CC1. The van der Waals surface area contributed by atoms with Gasteiger partial charge in [0.1, 0.15) is 5.60 Å². The maximum Gasteiger partial charge on any atom is 0.320 e. The Morgan fingerprint density at radius 1 is 1.07 bits per heavy atom. The second-order valence-electron chi connectivity index (χ2n) is 12.4. The first-order valence-electron chi connectivity index (χ1n) is 15.4. The smallest absolute Gasteiger partial charge is 0.320 e. The number of carbonyl (C=O) groups excluding carboxylic acids is 2. The zero-order chi connectivity index (χ0) is 33.0. The van der Waals surface area contributed by atoms with Crippen LogP contribution >= 0.6 is 0 Å². The van der Waals surface area contributed by atoms with Gasteiger partial charge < -0.3 is 20.1 Å². The van der Waals surface area contributed by atoms with Gasteiger partial charge in [-0.1, -0.05) is 6.92 Å². The number of anilines is 2. The summed E-state index contributed by atoms with van der Waals surface area (Å²) in [5.74, 6) is -1.88. The normalized spacial score (nSPS) is 14.3. The standard InChI is InChI=1S/C34H40F2N6O4/c1-6-22-17-23(7-8-24(22)33(44)39-18-21-11-14-41(15-12-21)20-28(43)46-34(2,3)4)40-31-32-38-19-26(42(32)16-13-37-31)25-9-10-27(45-5)30(36)29(25)35/h7-10,13,16-17,19,21H,6,11-12,14-15,18,20H2,1-5H3,(H,37,40)(H,39,44). The van der Waals surface area contributed by atoms with Crippen molar-refractivity contribution in [1.82, 2.24) is 24.6 Å². The van der Waals surface area contributed by atoms with E-state index in [-0.39, 0.29) is 29.7 Å². The number of nitrogens with zero attached hydrogens (tertiary/aromatic N) is 4. The van der Waals surface area contributed by atoms with Gasteiger partial charge in [-0.2, -0.15) is 4.39 Å². The molecule has 1 fully saturated rings. The number of methoxy groups -OCH3 is 1. The molecule has 0 spiro atoms. The van der Waals surface area contributed by atoms with Crippen LogP contribution in [0.3, 0.4) is 0 Å². The highest BCUT2D eigenvalue weighted by molar-refractivity contribution is 5.96. The highest BCUT2D eigenvalue weighted by Gasteiger charge is 2.25. The van der Waals surface area contributed by atoms with Crippen LogP contribution in [0, 0.1) is 17.6 Å². The molecule has 2 N–H and O–H groups in total. The van der Waals surface area contributed by atoms with Crippen molar-refractivity contribution in [1.29, 1.82) is 0 Å². The Kier molecular flexibility index (Phi) is 9.85.